The number of halogens is 2. The molecule has 23 heavy (non-hydrogen) atoms. The van der Waals surface area contributed by atoms with Gasteiger partial charge in [-0.25, -0.2) is 8.78 Å². The van der Waals surface area contributed by atoms with Gasteiger partial charge in [0.2, 0.25) is 5.91 Å². The summed E-state index contributed by atoms with van der Waals surface area (Å²) >= 11 is 0. The summed E-state index contributed by atoms with van der Waals surface area (Å²) in [6.07, 6.45) is 0. The number of para-hydroxylation sites is 1. The molecule has 0 bridgehead atoms. The zero-order valence-corrected chi connectivity index (χ0v) is 12.9. The van der Waals surface area contributed by atoms with Crippen LogP contribution in [0.25, 0.3) is 0 Å². The Bertz CT molecular complexity index is 702. The topological polar surface area (TPSA) is 23.6 Å². The summed E-state index contributed by atoms with van der Waals surface area (Å²) in [6.45, 7) is 3.46. The zero-order valence-electron chi connectivity index (χ0n) is 12.9. The number of amides is 1. The number of carbonyl (C=O) groups excluding carboxylic acids is 1. The maximum absolute atomic E-state index is 13.9. The molecule has 0 radical (unpaired) electrons. The van der Waals surface area contributed by atoms with Crippen LogP contribution in [0.1, 0.15) is 12.5 Å². The van der Waals surface area contributed by atoms with Gasteiger partial charge in [-0.3, -0.25) is 9.69 Å². The molecule has 0 aliphatic carbocycles. The van der Waals surface area contributed by atoms with E-state index in [4.69, 9.17) is 0 Å². The third kappa shape index (κ3) is 3.24. The summed E-state index contributed by atoms with van der Waals surface area (Å²) in [7, 11) is 0. The van der Waals surface area contributed by atoms with E-state index in [1.54, 1.807) is 30.3 Å². The highest BCUT2D eigenvalue weighted by atomic mass is 19.1. The van der Waals surface area contributed by atoms with Crippen LogP contribution in [0, 0.1) is 11.6 Å². The Morgan fingerprint density at radius 2 is 1.74 bits per heavy atom. The van der Waals surface area contributed by atoms with Gasteiger partial charge in [0.05, 0.1) is 11.7 Å². The second-order valence-electron chi connectivity index (χ2n) is 5.71. The summed E-state index contributed by atoms with van der Waals surface area (Å²) in [5.74, 6) is -0.786. The highest BCUT2D eigenvalue weighted by molar-refractivity contribution is 5.97. The Morgan fingerprint density at radius 1 is 1.04 bits per heavy atom. The number of piperazine rings is 1. The first-order valence-corrected chi connectivity index (χ1v) is 7.60. The molecule has 2 aromatic carbocycles. The summed E-state index contributed by atoms with van der Waals surface area (Å²) < 4.78 is 26.9. The van der Waals surface area contributed by atoms with Crippen molar-refractivity contribution in [2.24, 2.45) is 0 Å². The molecule has 0 N–H and O–H groups in total. The van der Waals surface area contributed by atoms with E-state index in [-0.39, 0.29) is 23.6 Å². The molecule has 1 atom stereocenters. The Labute approximate surface area is 134 Å². The SMILES string of the molecule is C[C@@H]1C(=O)N(c2ccccc2F)CCN1Cc1ccc(F)cc1. The molecule has 0 spiro atoms. The number of nitrogens with zero attached hydrogens (tertiary/aromatic N) is 2. The van der Waals surface area contributed by atoms with E-state index in [1.807, 2.05) is 11.8 Å². The van der Waals surface area contributed by atoms with Gasteiger partial charge in [0, 0.05) is 19.6 Å². The van der Waals surface area contributed by atoms with Crippen LogP contribution in [0.5, 0.6) is 0 Å². The molecule has 1 saturated heterocycles. The lowest BCUT2D eigenvalue weighted by Crippen LogP contribution is -2.55. The van der Waals surface area contributed by atoms with Gasteiger partial charge in [-0.05, 0) is 36.8 Å². The Balaban J connectivity index is 1.74. The second-order valence-corrected chi connectivity index (χ2v) is 5.71. The number of anilines is 1. The van der Waals surface area contributed by atoms with Crippen molar-refractivity contribution in [3.63, 3.8) is 0 Å². The predicted molar refractivity (Wildman–Crippen MR) is 85.0 cm³/mol. The fraction of sp³-hybridized carbons (Fsp3) is 0.278. The smallest absolute Gasteiger partial charge is 0.244 e. The molecule has 5 heteroatoms. The van der Waals surface area contributed by atoms with Gasteiger partial charge in [-0.15, -0.1) is 0 Å². The van der Waals surface area contributed by atoms with Gasteiger partial charge in [0.1, 0.15) is 11.6 Å². The van der Waals surface area contributed by atoms with Gasteiger partial charge in [0.25, 0.3) is 0 Å². The van der Waals surface area contributed by atoms with Crippen LogP contribution in [0.3, 0.4) is 0 Å². The number of rotatable bonds is 3. The summed E-state index contributed by atoms with van der Waals surface area (Å²) in [5, 5.41) is 0. The molecule has 1 heterocycles. The van der Waals surface area contributed by atoms with Crippen LogP contribution >= 0.6 is 0 Å². The van der Waals surface area contributed by atoms with E-state index in [0.717, 1.165) is 5.56 Å². The van der Waals surface area contributed by atoms with Crippen LogP contribution in [0.15, 0.2) is 48.5 Å². The fourth-order valence-electron chi connectivity index (χ4n) is 2.86. The molecule has 0 aromatic heterocycles. The fourth-order valence-corrected chi connectivity index (χ4v) is 2.86. The average molecular weight is 316 g/mol. The standard InChI is InChI=1S/C18H18F2N2O/c1-13-18(23)22(17-5-3-2-4-16(17)20)11-10-21(13)12-14-6-8-15(19)9-7-14/h2-9,13H,10-12H2,1H3/t13-/m1/s1. The molecule has 1 fully saturated rings. The lowest BCUT2D eigenvalue weighted by molar-refractivity contribution is -0.125. The van der Waals surface area contributed by atoms with Gasteiger partial charge < -0.3 is 4.90 Å². The van der Waals surface area contributed by atoms with Crippen molar-refractivity contribution in [1.29, 1.82) is 0 Å². The lowest BCUT2D eigenvalue weighted by Gasteiger charge is -2.39. The van der Waals surface area contributed by atoms with E-state index in [2.05, 4.69) is 0 Å². The molecular formula is C18H18F2N2O. The van der Waals surface area contributed by atoms with Gasteiger partial charge in [-0.2, -0.15) is 0 Å². The minimum Gasteiger partial charge on any atom is -0.307 e. The lowest BCUT2D eigenvalue weighted by atomic mass is 10.1. The van der Waals surface area contributed by atoms with Crippen LogP contribution < -0.4 is 4.90 Å². The van der Waals surface area contributed by atoms with E-state index in [0.29, 0.717) is 25.3 Å². The number of hydrogen-bond acceptors (Lipinski definition) is 2. The molecule has 2 aromatic rings. The first-order valence-electron chi connectivity index (χ1n) is 7.60. The first kappa shape index (κ1) is 15.6. The van der Waals surface area contributed by atoms with Crippen LogP contribution in [-0.4, -0.2) is 29.9 Å². The first-order chi connectivity index (χ1) is 11.1. The summed E-state index contributed by atoms with van der Waals surface area (Å²) in [5.41, 5.74) is 1.27. The zero-order chi connectivity index (χ0) is 16.4. The third-order valence-electron chi connectivity index (χ3n) is 4.22. The Kier molecular flexibility index (Phi) is 4.39. The van der Waals surface area contributed by atoms with Crippen LogP contribution in [0.2, 0.25) is 0 Å². The van der Waals surface area contributed by atoms with E-state index in [9.17, 15) is 13.6 Å². The number of hydrogen-bond donors (Lipinski definition) is 0. The van der Waals surface area contributed by atoms with Crippen molar-refractivity contribution in [2.75, 3.05) is 18.0 Å². The largest absolute Gasteiger partial charge is 0.307 e. The molecule has 1 aliphatic rings. The molecule has 120 valence electrons. The van der Waals surface area contributed by atoms with Crippen LogP contribution in [-0.2, 0) is 11.3 Å². The maximum Gasteiger partial charge on any atom is 0.244 e. The minimum atomic E-state index is -0.389. The van der Waals surface area contributed by atoms with Crippen molar-refractivity contribution in [2.45, 2.75) is 19.5 Å². The Morgan fingerprint density at radius 3 is 2.43 bits per heavy atom. The number of benzene rings is 2. The normalized spacial score (nSPS) is 19.2. The molecular weight excluding hydrogens is 298 g/mol. The molecule has 3 nitrogen and oxygen atoms in total. The second kappa shape index (κ2) is 6.46. The Hall–Kier alpha value is -2.27. The highest BCUT2D eigenvalue weighted by Gasteiger charge is 2.33. The highest BCUT2D eigenvalue weighted by Crippen LogP contribution is 2.24. The van der Waals surface area contributed by atoms with Crippen molar-refractivity contribution >= 4 is 11.6 Å². The van der Waals surface area contributed by atoms with E-state index >= 15 is 0 Å². The van der Waals surface area contributed by atoms with Gasteiger partial charge >= 0.3 is 0 Å². The van der Waals surface area contributed by atoms with Crippen LogP contribution in [0.4, 0.5) is 14.5 Å². The maximum atomic E-state index is 13.9. The summed E-state index contributed by atoms with van der Waals surface area (Å²) in [6, 6.07) is 12.2. The molecule has 1 amide bonds. The van der Waals surface area contributed by atoms with Gasteiger partial charge in [-0.1, -0.05) is 24.3 Å². The average Bonchev–Trinajstić information content (AvgIpc) is 2.55. The van der Waals surface area contributed by atoms with E-state index < -0.39 is 0 Å². The molecule has 0 saturated carbocycles. The minimum absolute atomic E-state index is 0.122. The number of carbonyl (C=O) groups is 1. The van der Waals surface area contributed by atoms with Crippen molar-refractivity contribution in [1.82, 2.24) is 4.90 Å². The quantitative estimate of drug-likeness (QED) is 0.868. The third-order valence-corrected chi connectivity index (χ3v) is 4.22. The summed E-state index contributed by atoms with van der Waals surface area (Å²) in [4.78, 5) is 16.1. The van der Waals surface area contributed by atoms with Gasteiger partial charge in [0.15, 0.2) is 0 Å². The molecule has 0 unspecified atom stereocenters. The van der Waals surface area contributed by atoms with Crippen molar-refractivity contribution < 1.29 is 13.6 Å². The molecule has 1 aliphatic heterocycles. The molecule has 3 rings (SSSR count). The van der Waals surface area contributed by atoms with Crippen molar-refractivity contribution in [3.8, 4) is 0 Å². The monoisotopic (exact) mass is 316 g/mol. The van der Waals surface area contributed by atoms with Crippen molar-refractivity contribution in [3.05, 3.63) is 65.7 Å². The predicted octanol–water partition coefficient (Wildman–Crippen LogP) is 3.20. The van der Waals surface area contributed by atoms with E-state index in [1.165, 1.54) is 23.1 Å².